The summed E-state index contributed by atoms with van der Waals surface area (Å²) in [5.74, 6) is -1.18. The SMILES string of the molecule is CN1CC[N+](=CC2CCC(C(=O)Nc3ncc(-c4cc(F)cc(F)c4)cn3)CC2)C1=O. The number of aromatic nitrogens is 2. The number of benzene rings is 1. The smallest absolute Gasteiger partial charge is 0.294 e. The number of likely N-dealkylation sites (N-methyl/N-ethyl adjacent to an activating group) is 1. The van der Waals surface area contributed by atoms with E-state index in [9.17, 15) is 18.4 Å². The van der Waals surface area contributed by atoms with Crippen LogP contribution in [0, 0.1) is 23.5 Å². The van der Waals surface area contributed by atoms with E-state index in [2.05, 4.69) is 15.3 Å². The van der Waals surface area contributed by atoms with Gasteiger partial charge in [-0.3, -0.25) is 10.1 Å². The summed E-state index contributed by atoms with van der Waals surface area (Å²) in [7, 11) is 1.79. The summed E-state index contributed by atoms with van der Waals surface area (Å²) in [4.78, 5) is 34.5. The molecule has 0 bridgehead atoms. The number of amides is 3. The minimum atomic E-state index is -0.679. The average molecular weight is 428 g/mol. The number of hydrogen-bond acceptors (Lipinski definition) is 4. The molecule has 7 nitrogen and oxygen atoms in total. The quantitative estimate of drug-likeness (QED) is 0.758. The fourth-order valence-electron chi connectivity index (χ4n) is 4.07. The minimum absolute atomic E-state index is 0.0291. The largest absolute Gasteiger partial charge is 0.492 e. The van der Waals surface area contributed by atoms with E-state index in [0.717, 1.165) is 38.3 Å². The fourth-order valence-corrected chi connectivity index (χ4v) is 4.07. The second-order valence-electron chi connectivity index (χ2n) is 8.10. The zero-order chi connectivity index (χ0) is 22.0. The van der Waals surface area contributed by atoms with E-state index >= 15 is 0 Å². The van der Waals surface area contributed by atoms with Crippen molar-refractivity contribution in [3.05, 3.63) is 42.2 Å². The second-order valence-corrected chi connectivity index (χ2v) is 8.10. The molecular weight excluding hydrogens is 404 g/mol. The first-order valence-corrected chi connectivity index (χ1v) is 10.3. The van der Waals surface area contributed by atoms with Gasteiger partial charge in [0.1, 0.15) is 24.7 Å². The maximum atomic E-state index is 13.4. The first-order valence-electron chi connectivity index (χ1n) is 10.3. The van der Waals surface area contributed by atoms with Crippen LogP contribution in [0.2, 0.25) is 0 Å². The Morgan fingerprint density at radius 3 is 2.32 bits per heavy atom. The molecule has 1 saturated carbocycles. The highest BCUT2D eigenvalue weighted by atomic mass is 19.1. The van der Waals surface area contributed by atoms with Gasteiger partial charge in [-0.05, 0) is 43.4 Å². The molecule has 31 heavy (non-hydrogen) atoms. The van der Waals surface area contributed by atoms with E-state index in [-0.39, 0.29) is 23.8 Å². The number of anilines is 1. The Morgan fingerprint density at radius 2 is 1.74 bits per heavy atom. The van der Waals surface area contributed by atoms with Gasteiger partial charge in [-0.25, -0.2) is 23.6 Å². The Hall–Kier alpha value is -3.23. The molecule has 0 spiro atoms. The van der Waals surface area contributed by atoms with Crippen molar-refractivity contribution in [2.45, 2.75) is 25.7 Å². The Morgan fingerprint density at radius 1 is 1.10 bits per heavy atom. The maximum Gasteiger partial charge on any atom is 0.492 e. The van der Waals surface area contributed by atoms with E-state index in [0.29, 0.717) is 23.6 Å². The first-order chi connectivity index (χ1) is 14.9. The van der Waals surface area contributed by atoms with Crippen molar-refractivity contribution < 1.29 is 22.9 Å². The zero-order valence-electron chi connectivity index (χ0n) is 17.2. The van der Waals surface area contributed by atoms with E-state index in [1.165, 1.54) is 24.5 Å². The molecule has 2 heterocycles. The highest BCUT2D eigenvalue weighted by molar-refractivity contribution is 5.91. The predicted octanol–water partition coefficient (Wildman–Crippen LogP) is 3.32. The second kappa shape index (κ2) is 8.87. The van der Waals surface area contributed by atoms with Crippen molar-refractivity contribution >= 4 is 24.1 Å². The predicted molar refractivity (Wildman–Crippen MR) is 111 cm³/mol. The first kappa shape index (κ1) is 21.0. The van der Waals surface area contributed by atoms with Crippen LogP contribution in [0.5, 0.6) is 0 Å². The molecule has 3 amide bonds. The minimum Gasteiger partial charge on any atom is -0.294 e. The van der Waals surface area contributed by atoms with Crippen molar-refractivity contribution in [2.75, 3.05) is 25.5 Å². The Balaban J connectivity index is 1.32. The molecule has 0 atom stereocenters. The Bertz CT molecular complexity index is 997. The molecule has 1 aliphatic carbocycles. The lowest BCUT2D eigenvalue weighted by atomic mass is 9.82. The summed E-state index contributed by atoms with van der Waals surface area (Å²) >= 11 is 0. The van der Waals surface area contributed by atoms with Crippen molar-refractivity contribution in [1.82, 2.24) is 14.9 Å². The summed E-state index contributed by atoms with van der Waals surface area (Å²) < 4.78 is 28.5. The molecule has 1 aliphatic heterocycles. The number of carbonyl (C=O) groups excluding carboxylic acids is 2. The molecular formula is C22H24F2N5O2+. The molecule has 0 radical (unpaired) electrons. The van der Waals surface area contributed by atoms with Gasteiger partial charge in [0.15, 0.2) is 0 Å². The van der Waals surface area contributed by atoms with Gasteiger partial charge in [-0.1, -0.05) is 0 Å². The number of carbonyl (C=O) groups is 2. The number of halogens is 2. The molecule has 9 heteroatoms. The number of rotatable bonds is 4. The topological polar surface area (TPSA) is 78.2 Å². The molecule has 4 rings (SSSR count). The Kier molecular flexibility index (Phi) is 6.01. The summed E-state index contributed by atoms with van der Waals surface area (Å²) in [5.41, 5.74) is 0.780. The van der Waals surface area contributed by atoms with Crippen LogP contribution in [-0.4, -0.2) is 57.7 Å². The van der Waals surface area contributed by atoms with Crippen LogP contribution in [-0.2, 0) is 4.79 Å². The van der Waals surface area contributed by atoms with Crippen LogP contribution in [0.25, 0.3) is 11.1 Å². The normalized spacial score (nSPS) is 22.7. The molecule has 1 aromatic heterocycles. The lowest BCUT2D eigenvalue weighted by Crippen LogP contribution is -2.30. The molecule has 2 fully saturated rings. The van der Waals surface area contributed by atoms with Crippen molar-refractivity contribution in [2.24, 2.45) is 11.8 Å². The monoisotopic (exact) mass is 428 g/mol. The molecule has 1 aromatic carbocycles. The Labute approximate surface area is 178 Å². The summed E-state index contributed by atoms with van der Waals surface area (Å²) in [6.45, 7) is 1.45. The van der Waals surface area contributed by atoms with Gasteiger partial charge >= 0.3 is 6.03 Å². The molecule has 1 N–H and O–H groups in total. The standard InChI is InChI=1S/C22H23F2N5O2/c1-28-6-7-29(22(28)31)13-14-2-4-15(5-3-14)20(30)27-21-25-11-17(12-26-21)16-8-18(23)10-19(24)9-16/h8-15H,2-7H2,1H3/p+1. The van der Waals surface area contributed by atoms with Crippen LogP contribution in [0.4, 0.5) is 19.5 Å². The van der Waals surface area contributed by atoms with Gasteiger partial charge in [0.2, 0.25) is 11.9 Å². The highest BCUT2D eigenvalue weighted by Crippen LogP contribution is 2.29. The van der Waals surface area contributed by atoms with Gasteiger partial charge < -0.3 is 0 Å². The molecule has 2 aromatic rings. The molecule has 162 valence electrons. The zero-order valence-corrected chi connectivity index (χ0v) is 17.2. The van der Waals surface area contributed by atoms with Gasteiger partial charge in [0, 0.05) is 35.9 Å². The molecule has 1 saturated heterocycles. The third-order valence-corrected chi connectivity index (χ3v) is 5.86. The van der Waals surface area contributed by atoms with Crippen LogP contribution in [0.3, 0.4) is 0 Å². The third-order valence-electron chi connectivity index (χ3n) is 5.86. The van der Waals surface area contributed by atoms with Crippen molar-refractivity contribution in [3.8, 4) is 11.1 Å². The highest BCUT2D eigenvalue weighted by Gasteiger charge is 2.33. The van der Waals surface area contributed by atoms with E-state index in [1.54, 1.807) is 16.5 Å². The molecule has 2 aliphatic rings. The van der Waals surface area contributed by atoms with Crippen LogP contribution < -0.4 is 5.32 Å². The lowest BCUT2D eigenvalue weighted by Gasteiger charge is -2.24. The summed E-state index contributed by atoms with van der Waals surface area (Å²) in [6, 6.07) is 3.22. The summed E-state index contributed by atoms with van der Waals surface area (Å²) in [6.07, 6.45) is 8.00. The molecule has 0 unspecified atom stereocenters. The van der Waals surface area contributed by atoms with Crippen LogP contribution in [0.1, 0.15) is 25.7 Å². The van der Waals surface area contributed by atoms with Crippen LogP contribution >= 0.6 is 0 Å². The summed E-state index contributed by atoms with van der Waals surface area (Å²) in [5, 5.41) is 2.72. The maximum absolute atomic E-state index is 13.4. The average Bonchev–Trinajstić information content (AvgIpc) is 3.06. The van der Waals surface area contributed by atoms with Gasteiger partial charge in [-0.15, -0.1) is 0 Å². The van der Waals surface area contributed by atoms with E-state index < -0.39 is 11.6 Å². The number of nitrogens with one attached hydrogen (secondary N) is 1. The van der Waals surface area contributed by atoms with Gasteiger partial charge in [0.25, 0.3) is 0 Å². The van der Waals surface area contributed by atoms with E-state index in [1.807, 2.05) is 6.21 Å². The van der Waals surface area contributed by atoms with Crippen molar-refractivity contribution in [3.63, 3.8) is 0 Å². The number of urea groups is 1. The van der Waals surface area contributed by atoms with Gasteiger partial charge in [0.05, 0.1) is 13.3 Å². The van der Waals surface area contributed by atoms with Crippen LogP contribution in [0.15, 0.2) is 30.6 Å². The van der Waals surface area contributed by atoms with E-state index in [4.69, 9.17) is 0 Å². The van der Waals surface area contributed by atoms with Crippen molar-refractivity contribution in [1.29, 1.82) is 0 Å². The number of nitrogens with zero attached hydrogens (tertiary/aromatic N) is 4. The van der Waals surface area contributed by atoms with Gasteiger partial charge in [-0.2, -0.15) is 9.37 Å². The fraction of sp³-hybridized carbons (Fsp3) is 0.409. The lowest BCUT2D eigenvalue weighted by molar-refractivity contribution is -0.408. The third kappa shape index (κ3) is 4.92. The number of hydrogen-bond donors (Lipinski definition) is 1.